The van der Waals surface area contributed by atoms with E-state index in [0.717, 1.165) is 11.3 Å². The van der Waals surface area contributed by atoms with Crippen LogP contribution in [-0.2, 0) is 0 Å². The first kappa shape index (κ1) is 14.8. The Morgan fingerprint density at radius 2 is 1.90 bits per heavy atom. The van der Waals surface area contributed by atoms with E-state index in [0.29, 0.717) is 23.4 Å². The molecule has 110 valence electrons. The summed E-state index contributed by atoms with van der Waals surface area (Å²) >= 11 is 0. The van der Waals surface area contributed by atoms with Gasteiger partial charge in [0.2, 0.25) is 0 Å². The summed E-state index contributed by atoms with van der Waals surface area (Å²) < 4.78 is 6.32. The number of carbonyl (C=O) groups excluding carboxylic acids is 1. The molecule has 0 atom stereocenters. The monoisotopic (exact) mass is 286 g/mol. The van der Waals surface area contributed by atoms with Crippen molar-refractivity contribution in [3.05, 3.63) is 65.1 Å². The van der Waals surface area contributed by atoms with Crippen molar-refractivity contribution >= 4 is 5.91 Å². The highest BCUT2D eigenvalue weighted by Crippen LogP contribution is 2.15. The van der Waals surface area contributed by atoms with Crippen molar-refractivity contribution in [2.24, 2.45) is 0 Å². The normalized spacial score (nSPS) is 10.2. The van der Waals surface area contributed by atoms with E-state index in [4.69, 9.17) is 4.74 Å². The predicted octanol–water partition coefficient (Wildman–Crippen LogP) is 1.78. The highest BCUT2D eigenvalue weighted by molar-refractivity contribution is 5.93. The highest BCUT2D eigenvalue weighted by atomic mass is 16.5. The van der Waals surface area contributed by atoms with Gasteiger partial charge < -0.3 is 14.8 Å². The SMILES string of the molecule is Cc1ccccc1OCCN(C)C(=O)c1cc[n+]([O-])cc1. The molecule has 0 aliphatic rings. The molecule has 0 aliphatic heterocycles. The molecule has 1 aromatic heterocycles. The van der Waals surface area contributed by atoms with Crippen molar-refractivity contribution in [2.45, 2.75) is 6.92 Å². The number of aryl methyl sites for hydroxylation is 1. The number of carbonyl (C=O) groups is 1. The standard InChI is InChI=1S/C16H18N2O3/c1-13-5-3-4-6-15(13)21-12-11-17(2)16(19)14-7-9-18(20)10-8-14/h3-10H,11-12H2,1-2H3. The molecule has 21 heavy (non-hydrogen) atoms. The minimum Gasteiger partial charge on any atom is -0.619 e. The first-order valence-corrected chi connectivity index (χ1v) is 6.70. The highest BCUT2D eigenvalue weighted by Gasteiger charge is 2.12. The van der Waals surface area contributed by atoms with Crippen LogP contribution in [-0.4, -0.2) is 31.0 Å². The molecule has 0 spiro atoms. The second-order valence-electron chi connectivity index (χ2n) is 4.79. The molecule has 2 rings (SSSR count). The van der Waals surface area contributed by atoms with Gasteiger partial charge in [-0.2, -0.15) is 4.73 Å². The van der Waals surface area contributed by atoms with Crippen LogP contribution in [0, 0.1) is 12.1 Å². The van der Waals surface area contributed by atoms with Gasteiger partial charge in [0.05, 0.1) is 12.1 Å². The fourth-order valence-corrected chi connectivity index (χ4v) is 1.89. The Balaban J connectivity index is 1.87. The van der Waals surface area contributed by atoms with Crippen molar-refractivity contribution in [1.29, 1.82) is 0 Å². The maximum Gasteiger partial charge on any atom is 0.254 e. The Bertz CT molecular complexity index is 611. The van der Waals surface area contributed by atoms with Gasteiger partial charge >= 0.3 is 0 Å². The summed E-state index contributed by atoms with van der Waals surface area (Å²) in [5.74, 6) is 0.689. The fraction of sp³-hybridized carbons (Fsp3) is 0.250. The molecule has 1 amide bonds. The number of rotatable bonds is 5. The average molecular weight is 286 g/mol. The Labute approximate surface area is 124 Å². The molecule has 0 aliphatic carbocycles. The Morgan fingerprint density at radius 1 is 1.24 bits per heavy atom. The lowest BCUT2D eigenvalue weighted by Crippen LogP contribution is -2.32. The lowest BCUT2D eigenvalue weighted by atomic mass is 10.2. The summed E-state index contributed by atoms with van der Waals surface area (Å²) in [7, 11) is 1.71. The Hall–Kier alpha value is -2.56. The lowest BCUT2D eigenvalue weighted by Gasteiger charge is -2.17. The molecule has 0 fully saturated rings. The molecule has 0 N–H and O–H groups in total. The van der Waals surface area contributed by atoms with Gasteiger partial charge in [-0.15, -0.1) is 0 Å². The summed E-state index contributed by atoms with van der Waals surface area (Å²) in [6.45, 7) is 2.87. The number of aromatic nitrogens is 1. The molecular weight excluding hydrogens is 268 g/mol. The Kier molecular flexibility index (Phi) is 4.77. The first-order chi connectivity index (χ1) is 10.1. The smallest absolute Gasteiger partial charge is 0.254 e. The van der Waals surface area contributed by atoms with Crippen molar-refractivity contribution in [3.63, 3.8) is 0 Å². The van der Waals surface area contributed by atoms with E-state index in [-0.39, 0.29) is 5.91 Å². The molecule has 5 heteroatoms. The summed E-state index contributed by atoms with van der Waals surface area (Å²) in [5, 5.41) is 10.9. The summed E-state index contributed by atoms with van der Waals surface area (Å²) in [5.41, 5.74) is 1.55. The zero-order valence-electron chi connectivity index (χ0n) is 12.2. The number of pyridine rings is 1. The summed E-state index contributed by atoms with van der Waals surface area (Å²) in [6.07, 6.45) is 2.62. The van der Waals surface area contributed by atoms with Crippen LogP contribution in [0.15, 0.2) is 48.8 Å². The van der Waals surface area contributed by atoms with E-state index in [1.807, 2.05) is 31.2 Å². The zero-order chi connectivity index (χ0) is 15.2. The number of benzene rings is 1. The molecule has 0 bridgehead atoms. The number of para-hydroxylation sites is 1. The Morgan fingerprint density at radius 3 is 2.57 bits per heavy atom. The molecule has 2 aromatic rings. The lowest BCUT2D eigenvalue weighted by molar-refractivity contribution is -0.605. The molecule has 1 aromatic carbocycles. The number of hydrogen-bond donors (Lipinski definition) is 0. The molecule has 0 unspecified atom stereocenters. The second kappa shape index (κ2) is 6.74. The largest absolute Gasteiger partial charge is 0.619 e. The number of nitrogens with zero attached hydrogens (tertiary/aromatic N) is 2. The minimum atomic E-state index is -0.135. The van der Waals surface area contributed by atoms with Crippen LogP contribution in [0.5, 0.6) is 5.75 Å². The van der Waals surface area contributed by atoms with Crippen LogP contribution in [0.1, 0.15) is 15.9 Å². The molecule has 0 saturated heterocycles. The van der Waals surface area contributed by atoms with Crippen molar-refractivity contribution in [1.82, 2.24) is 4.90 Å². The van der Waals surface area contributed by atoms with Crippen molar-refractivity contribution < 1.29 is 14.3 Å². The van der Waals surface area contributed by atoms with Crippen LogP contribution in [0.2, 0.25) is 0 Å². The van der Waals surface area contributed by atoms with Gasteiger partial charge in [0.25, 0.3) is 5.91 Å². The predicted molar refractivity (Wildman–Crippen MR) is 79.0 cm³/mol. The van der Waals surface area contributed by atoms with E-state index in [1.54, 1.807) is 11.9 Å². The van der Waals surface area contributed by atoms with Gasteiger partial charge in [-0.05, 0) is 18.6 Å². The van der Waals surface area contributed by atoms with E-state index in [1.165, 1.54) is 24.5 Å². The number of hydrogen-bond acceptors (Lipinski definition) is 3. The maximum atomic E-state index is 12.1. The second-order valence-corrected chi connectivity index (χ2v) is 4.79. The minimum absolute atomic E-state index is 0.135. The third kappa shape index (κ3) is 3.95. The van der Waals surface area contributed by atoms with Gasteiger partial charge in [-0.3, -0.25) is 4.79 Å². The van der Waals surface area contributed by atoms with E-state index < -0.39 is 0 Å². The topological polar surface area (TPSA) is 56.5 Å². The zero-order valence-corrected chi connectivity index (χ0v) is 12.2. The third-order valence-corrected chi connectivity index (χ3v) is 3.17. The molecule has 1 heterocycles. The van der Waals surface area contributed by atoms with Crippen molar-refractivity contribution in [3.8, 4) is 5.75 Å². The molecule has 0 saturated carbocycles. The quantitative estimate of drug-likeness (QED) is 0.622. The summed E-state index contributed by atoms with van der Waals surface area (Å²) in [4.78, 5) is 13.7. The van der Waals surface area contributed by atoms with E-state index in [2.05, 4.69) is 0 Å². The van der Waals surface area contributed by atoms with Crippen LogP contribution in [0.3, 0.4) is 0 Å². The van der Waals surface area contributed by atoms with Gasteiger partial charge in [0, 0.05) is 19.2 Å². The van der Waals surface area contributed by atoms with Gasteiger partial charge in [-0.1, -0.05) is 18.2 Å². The van der Waals surface area contributed by atoms with Crippen LogP contribution >= 0.6 is 0 Å². The van der Waals surface area contributed by atoms with E-state index >= 15 is 0 Å². The number of ether oxygens (including phenoxy) is 1. The van der Waals surface area contributed by atoms with E-state index in [9.17, 15) is 10.0 Å². The van der Waals surface area contributed by atoms with Crippen LogP contribution in [0.4, 0.5) is 0 Å². The first-order valence-electron chi connectivity index (χ1n) is 6.70. The molecular formula is C16H18N2O3. The van der Waals surface area contributed by atoms with Gasteiger partial charge in [-0.25, -0.2) is 0 Å². The summed E-state index contributed by atoms with van der Waals surface area (Å²) in [6, 6.07) is 10.8. The maximum absolute atomic E-state index is 12.1. The van der Waals surface area contributed by atoms with Crippen LogP contribution in [0.25, 0.3) is 0 Å². The number of likely N-dealkylation sites (N-methyl/N-ethyl adjacent to an activating group) is 1. The average Bonchev–Trinajstić information content (AvgIpc) is 2.49. The number of amides is 1. The fourth-order valence-electron chi connectivity index (χ4n) is 1.89. The molecule has 5 nitrogen and oxygen atoms in total. The third-order valence-electron chi connectivity index (χ3n) is 3.17. The van der Waals surface area contributed by atoms with Crippen LogP contribution < -0.4 is 9.47 Å². The molecule has 0 radical (unpaired) electrons. The van der Waals surface area contributed by atoms with Gasteiger partial charge in [0.15, 0.2) is 12.4 Å². The van der Waals surface area contributed by atoms with Crippen molar-refractivity contribution in [2.75, 3.05) is 20.2 Å². The van der Waals surface area contributed by atoms with Gasteiger partial charge in [0.1, 0.15) is 12.4 Å².